The lowest BCUT2D eigenvalue weighted by Gasteiger charge is -2.19. The average Bonchev–Trinajstić information content (AvgIpc) is 2.99. The van der Waals surface area contributed by atoms with E-state index in [9.17, 15) is 0 Å². The van der Waals surface area contributed by atoms with Gasteiger partial charge in [-0.2, -0.15) is 0 Å². The Kier molecular flexibility index (Phi) is 2.87. The van der Waals surface area contributed by atoms with Gasteiger partial charge in [-0.15, -0.1) is 11.3 Å². The first kappa shape index (κ1) is 11.7. The topological polar surface area (TPSA) is 64.7 Å². The Morgan fingerprint density at radius 2 is 1.94 bits per heavy atom. The van der Waals surface area contributed by atoms with Crippen molar-refractivity contribution in [3.05, 3.63) is 28.5 Å². The summed E-state index contributed by atoms with van der Waals surface area (Å²) in [5.41, 5.74) is 8.88. The molecule has 2 N–H and O–H groups in total. The highest BCUT2D eigenvalue weighted by atomic mass is 32.1. The summed E-state index contributed by atoms with van der Waals surface area (Å²) >= 11 is 1.65. The smallest absolute Gasteiger partial charge is 0.113 e. The molecule has 2 aromatic heterocycles. The maximum Gasteiger partial charge on any atom is 0.113 e. The minimum Gasteiger partial charge on any atom is -0.319 e. The van der Waals surface area contributed by atoms with Crippen LogP contribution in [-0.2, 0) is 5.54 Å². The number of hydrogen-bond donors (Lipinski definition) is 1. The van der Waals surface area contributed by atoms with E-state index in [-0.39, 0.29) is 5.54 Å². The van der Waals surface area contributed by atoms with Gasteiger partial charge in [0.05, 0.1) is 11.2 Å². The van der Waals surface area contributed by atoms with Gasteiger partial charge in [-0.25, -0.2) is 4.98 Å². The van der Waals surface area contributed by atoms with Crippen molar-refractivity contribution in [2.45, 2.75) is 38.1 Å². The number of aromatic nitrogens is 3. The molecule has 94 valence electrons. The molecule has 18 heavy (non-hydrogen) atoms. The van der Waals surface area contributed by atoms with Crippen molar-refractivity contribution >= 4 is 11.3 Å². The summed E-state index contributed by atoms with van der Waals surface area (Å²) in [5.74, 6) is 0. The molecule has 1 aliphatic carbocycles. The average molecular weight is 260 g/mol. The maximum absolute atomic E-state index is 6.42. The Hall–Kier alpha value is -1.33. The number of nitrogens with zero attached hydrogens (tertiary/aromatic N) is 3. The predicted molar refractivity (Wildman–Crippen MR) is 72.2 cm³/mol. The summed E-state index contributed by atoms with van der Waals surface area (Å²) in [6.07, 6.45) is 7.90. The van der Waals surface area contributed by atoms with Crippen LogP contribution in [-0.4, -0.2) is 15.0 Å². The molecule has 2 aromatic rings. The molecule has 3 rings (SSSR count). The quantitative estimate of drug-likeness (QED) is 0.901. The Morgan fingerprint density at radius 3 is 2.67 bits per heavy atom. The standard InChI is InChI=1S/C13H16N4S/c1-9-11(16-7-6-15-9)10-8-18-12(17-10)13(14)4-2-3-5-13/h6-8H,2-5,14H2,1H3. The molecule has 1 fully saturated rings. The van der Waals surface area contributed by atoms with Gasteiger partial charge in [0.25, 0.3) is 0 Å². The molecule has 0 unspecified atom stereocenters. The first-order valence-electron chi connectivity index (χ1n) is 6.22. The lowest BCUT2D eigenvalue weighted by Crippen LogP contribution is -2.32. The molecule has 2 heterocycles. The molecule has 0 saturated heterocycles. The number of rotatable bonds is 2. The van der Waals surface area contributed by atoms with Crippen LogP contribution in [0, 0.1) is 6.92 Å². The summed E-state index contributed by atoms with van der Waals surface area (Å²) < 4.78 is 0. The second-order valence-electron chi connectivity index (χ2n) is 4.89. The van der Waals surface area contributed by atoms with Gasteiger partial charge in [0.1, 0.15) is 16.4 Å². The molecule has 0 bridgehead atoms. The van der Waals surface area contributed by atoms with Gasteiger partial charge in [-0.1, -0.05) is 12.8 Å². The molecule has 0 atom stereocenters. The van der Waals surface area contributed by atoms with Crippen molar-refractivity contribution in [1.82, 2.24) is 15.0 Å². The van der Waals surface area contributed by atoms with Gasteiger partial charge in [-0.3, -0.25) is 9.97 Å². The second-order valence-corrected chi connectivity index (χ2v) is 5.75. The van der Waals surface area contributed by atoms with Crippen molar-refractivity contribution in [2.75, 3.05) is 0 Å². The van der Waals surface area contributed by atoms with Crippen LogP contribution in [0.3, 0.4) is 0 Å². The van der Waals surface area contributed by atoms with E-state index in [1.807, 2.05) is 12.3 Å². The van der Waals surface area contributed by atoms with E-state index in [1.165, 1.54) is 12.8 Å². The van der Waals surface area contributed by atoms with Gasteiger partial charge in [0.2, 0.25) is 0 Å². The minimum absolute atomic E-state index is 0.209. The van der Waals surface area contributed by atoms with Gasteiger partial charge >= 0.3 is 0 Å². The van der Waals surface area contributed by atoms with Gasteiger partial charge in [0, 0.05) is 17.8 Å². The van der Waals surface area contributed by atoms with Gasteiger partial charge in [0.15, 0.2) is 0 Å². The monoisotopic (exact) mass is 260 g/mol. The van der Waals surface area contributed by atoms with Crippen molar-refractivity contribution in [3.63, 3.8) is 0 Å². The minimum atomic E-state index is -0.209. The fourth-order valence-electron chi connectivity index (χ4n) is 2.49. The summed E-state index contributed by atoms with van der Waals surface area (Å²) in [6, 6.07) is 0. The van der Waals surface area contributed by atoms with Crippen LogP contribution in [0.1, 0.15) is 36.4 Å². The molecule has 0 spiro atoms. The Morgan fingerprint density at radius 1 is 1.22 bits per heavy atom. The maximum atomic E-state index is 6.42. The molecule has 0 radical (unpaired) electrons. The molecule has 1 aliphatic rings. The molecule has 5 heteroatoms. The third kappa shape index (κ3) is 1.93. The van der Waals surface area contributed by atoms with Crippen LogP contribution in [0.15, 0.2) is 17.8 Å². The SMILES string of the molecule is Cc1nccnc1-c1csc(C2(N)CCCC2)n1. The van der Waals surface area contributed by atoms with Gasteiger partial charge in [-0.05, 0) is 19.8 Å². The van der Waals surface area contributed by atoms with E-state index in [4.69, 9.17) is 5.73 Å². The van der Waals surface area contributed by atoms with Crippen molar-refractivity contribution in [1.29, 1.82) is 0 Å². The first-order chi connectivity index (χ1) is 8.69. The highest BCUT2D eigenvalue weighted by Crippen LogP contribution is 2.38. The van der Waals surface area contributed by atoms with E-state index < -0.39 is 0 Å². The highest BCUT2D eigenvalue weighted by Gasteiger charge is 2.34. The third-order valence-corrected chi connectivity index (χ3v) is 4.61. The molecule has 4 nitrogen and oxygen atoms in total. The molecule has 0 amide bonds. The van der Waals surface area contributed by atoms with Crippen LogP contribution >= 0.6 is 11.3 Å². The summed E-state index contributed by atoms with van der Waals surface area (Å²) in [4.78, 5) is 13.3. The zero-order valence-corrected chi connectivity index (χ0v) is 11.2. The summed E-state index contributed by atoms with van der Waals surface area (Å²) in [5, 5.41) is 3.08. The van der Waals surface area contributed by atoms with Crippen LogP contribution in [0.5, 0.6) is 0 Å². The molecule has 1 saturated carbocycles. The largest absolute Gasteiger partial charge is 0.319 e. The van der Waals surface area contributed by atoms with E-state index in [1.54, 1.807) is 23.7 Å². The fourth-order valence-corrected chi connectivity index (χ4v) is 3.47. The van der Waals surface area contributed by atoms with Crippen molar-refractivity contribution in [3.8, 4) is 11.4 Å². The Balaban J connectivity index is 1.97. The molecular formula is C13H16N4S. The number of nitrogens with two attached hydrogens (primary N) is 1. The molecule has 0 aliphatic heterocycles. The number of aryl methyl sites for hydroxylation is 1. The normalized spacial score (nSPS) is 18.1. The third-order valence-electron chi connectivity index (χ3n) is 3.55. The van der Waals surface area contributed by atoms with E-state index in [2.05, 4.69) is 15.0 Å². The van der Waals surface area contributed by atoms with E-state index in [0.29, 0.717) is 0 Å². The summed E-state index contributed by atoms with van der Waals surface area (Å²) in [6.45, 7) is 1.95. The van der Waals surface area contributed by atoms with Crippen molar-refractivity contribution < 1.29 is 0 Å². The highest BCUT2D eigenvalue weighted by molar-refractivity contribution is 7.10. The molecule has 0 aromatic carbocycles. The lowest BCUT2D eigenvalue weighted by atomic mass is 10.0. The lowest BCUT2D eigenvalue weighted by molar-refractivity contribution is 0.459. The van der Waals surface area contributed by atoms with E-state index in [0.717, 1.165) is 34.9 Å². The number of thiazole rings is 1. The second kappa shape index (κ2) is 4.40. The fraction of sp³-hybridized carbons (Fsp3) is 0.462. The van der Waals surface area contributed by atoms with Gasteiger partial charge < -0.3 is 5.73 Å². The Labute approximate surface area is 110 Å². The van der Waals surface area contributed by atoms with Crippen LogP contribution in [0.25, 0.3) is 11.4 Å². The summed E-state index contributed by atoms with van der Waals surface area (Å²) in [7, 11) is 0. The Bertz CT molecular complexity index is 558. The van der Waals surface area contributed by atoms with Crippen LogP contribution < -0.4 is 5.73 Å². The first-order valence-corrected chi connectivity index (χ1v) is 7.10. The zero-order chi connectivity index (χ0) is 12.6. The predicted octanol–water partition coefficient (Wildman–Crippen LogP) is 2.64. The van der Waals surface area contributed by atoms with E-state index >= 15 is 0 Å². The number of hydrogen-bond acceptors (Lipinski definition) is 5. The van der Waals surface area contributed by atoms with Crippen LogP contribution in [0.2, 0.25) is 0 Å². The van der Waals surface area contributed by atoms with Crippen LogP contribution in [0.4, 0.5) is 0 Å². The molecular weight excluding hydrogens is 244 g/mol. The zero-order valence-electron chi connectivity index (χ0n) is 10.4. The van der Waals surface area contributed by atoms with Crippen molar-refractivity contribution in [2.24, 2.45) is 5.73 Å².